The van der Waals surface area contributed by atoms with Crippen molar-refractivity contribution in [2.75, 3.05) is 20.0 Å². The zero-order chi connectivity index (χ0) is 27.3. The maximum Gasteiger partial charge on any atom is 0.262 e. The molecule has 0 unspecified atom stereocenters. The van der Waals surface area contributed by atoms with Crippen LogP contribution in [0.15, 0.2) is 74.1 Å². The summed E-state index contributed by atoms with van der Waals surface area (Å²) in [6, 6.07) is 12.8. The Bertz CT molecular complexity index is 1600. The molecule has 2 aromatic carbocycles. The Morgan fingerprint density at radius 2 is 1.84 bits per heavy atom. The van der Waals surface area contributed by atoms with Crippen molar-refractivity contribution < 1.29 is 27.1 Å². The van der Waals surface area contributed by atoms with Gasteiger partial charge in [0.1, 0.15) is 5.76 Å². The predicted octanol–water partition coefficient (Wildman–Crippen LogP) is 2.31. The number of rotatable bonds is 11. The molecule has 3 N–H and O–H groups in total. The number of amides is 1. The summed E-state index contributed by atoms with van der Waals surface area (Å²) in [5.41, 5.74) is 0.888. The molecule has 38 heavy (non-hydrogen) atoms. The molecule has 13 heteroatoms. The van der Waals surface area contributed by atoms with Gasteiger partial charge in [0.05, 0.1) is 48.6 Å². The number of aromatic nitrogens is 2. The fraction of sp³-hybridized carbons (Fsp3) is 0.240. The van der Waals surface area contributed by atoms with Gasteiger partial charge in [0.25, 0.3) is 5.56 Å². The second-order valence-electron chi connectivity index (χ2n) is 8.16. The lowest BCUT2D eigenvalue weighted by atomic mass is 10.1. The zero-order valence-electron chi connectivity index (χ0n) is 20.7. The fourth-order valence-corrected chi connectivity index (χ4v) is 5.07. The average Bonchev–Trinajstić information content (AvgIpc) is 3.43. The largest absolute Gasteiger partial charge is 0.493 e. The summed E-state index contributed by atoms with van der Waals surface area (Å²) in [5.74, 6) is 1.21. The molecule has 0 radical (unpaired) electrons. The summed E-state index contributed by atoms with van der Waals surface area (Å²) in [7, 11) is -0.836. The van der Waals surface area contributed by atoms with Crippen LogP contribution >= 0.6 is 11.8 Å². The molecule has 0 aliphatic heterocycles. The highest BCUT2D eigenvalue weighted by Crippen LogP contribution is 2.31. The van der Waals surface area contributed by atoms with Crippen molar-refractivity contribution in [2.45, 2.75) is 29.6 Å². The SMILES string of the molecule is COc1cc2nc(SCC(=O)NCc3ccco3)n(CCc3ccc(S(N)(=O)=O)cc3)c(=O)c2cc1OC. The van der Waals surface area contributed by atoms with Gasteiger partial charge in [0, 0.05) is 12.6 Å². The highest BCUT2D eigenvalue weighted by atomic mass is 32.2. The lowest BCUT2D eigenvalue weighted by Crippen LogP contribution is -2.27. The van der Waals surface area contributed by atoms with Crippen molar-refractivity contribution >= 4 is 38.6 Å². The van der Waals surface area contributed by atoms with Gasteiger partial charge in [-0.3, -0.25) is 14.2 Å². The number of hydrogen-bond acceptors (Lipinski definition) is 9. The lowest BCUT2D eigenvalue weighted by molar-refractivity contribution is -0.118. The number of primary sulfonamides is 1. The minimum atomic E-state index is -3.81. The number of aryl methyl sites for hydroxylation is 1. The van der Waals surface area contributed by atoms with Gasteiger partial charge in [-0.2, -0.15) is 0 Å². The lowest BCUT2D eigenvalue weighted by Gasteiger charge is -2.15. The maximum atomic E-state index is 13.6. The number of thioether (sulfide) groups is 1. The zero-order valence-corrected chi connectivity index (χ0v) is 22.3. The molecule has 1 amide bonds. The normalized spacial score (nSPS) is 11.4. The molecular formula is C25H26N4O7S2. The van der Waals surface area contributed by atoms with Crippen molar-refractivity contribution in [3.63, 3.8) is 0 Å². The molecule has 4 aromatic rings. The Hall–Kier alpha value is -3.81. The molecule has 0 bridgehead atoms. The summed E-state index contributed by atoms with van der Waals surface area (Å²) in [6.45, 7) is 0.483. The number of carbonyl (C=O) groups excluding carboxylic acids is 1. The standard InChI is InChI=1S/C25H26N4O7S2/c1-34-21-12-19-20(13-22(21)35-2)28-25(37-15-23(30)27-14-17-4-3-11-36-17)29(24(19)31)10-9-16-5-7-18(8-6-16)38(26,32)33/h3-8,11-13H,9-10,14-15H2,1-2H3,(H,27,30)(H2,26,32,33). The second kappa shape index (κ2) is 11.7. The first-order chi connectivity index (χ1) is 18.2. The van der Waals surface area contributed by atoms with Crippen LogP contribution in [0.25, 0.3) is 10.9 Å². The first kappa shape index (κ1) is 27.2. The van der Waals surface area contributed by atoms with Crippen LogP contribution in [0, 0.1) is 0 Å². The summed E-state index contributed by atoms with van der Waals surface area (Å²) < 4.78 is 40.5. The summed E-state index contributed by atoms with van der Waals surface area (Å²) in [5, 5.41) is 8.63. The van der Waals surface area contributed by atoms with Crippen LogP contribution in [0.2, 0.25) is 0 Å². The van der Waals surface area contributed by atoms with E-state index in [1.165, 1.54) is 37.2 Å². The van der Waals surface area contributed by atoms with E-state index in [1.54, 1.807) is 36.4 Å². The topological polar surface area (TPSA) is 156 Å². The van der Waals surface area contributed by atoms with Crippen LogP contribution in [-0.4, -0.2) is 43.8 Å². The summed E-state index contributed by atoms with van der Waals surface area (Å²) in [4.78, 5) is 30.7. The van der Waals surface area contributed by atoms with Crippen LogP contribution in [0.5, 0.6) is 11.5 Å². The Morgan fingerprint density at radius 1 is 1.13 bits per heavy atom. The van der Waals surface area contributed by atoms with E-state index in [-0.39, 0.29) is 35.2 Å². The Kier molecular flexibility index (Phi) is 8.39. The highest BCUT2D eigenvalue weighted by molar-refractivity contribution is 7.99. The van der Waals surface area contributed by atoms with E-state index in [0.29, 0.717) is 39.7 Å². The van der Waals surface area contributed by atoms with Crippen LogP contribution in [0.4, 0.5) is 0 Å². The maximum absolute atomic E-state index is 13.6. The van der Waals surface area contributed by atoms with Gasteiger partial charge in [-0.05, 0) is 42.3 Å². The van der Waals surface area contributed by atoms with E-state index < -0.39 is 10.0 Å². The van der Waals surface area contributed by atoms with Gasteiger partial charge in [0.2, 0.25) is 15.9 Å². The van der Waals surface area contributed by atoms with E-state index >= 15 is 0 Å². The van der Waals surface area contributed by atoms with Crippen molar-refractivity contribution in [3.8, 4) is 11.5 Å². The number of sulfonamides is 1. The van der Waals surface area contributed by atoms with E-state index in [9.17, 15) is 18.0 Å². The highest BCUT2D eigenvalue weighted by Gasteiger charge is 2.17. The average molecular weight is 559 g/mol. The Morgan fingerprint density at radius 3 is 2.47 bits per heavy atom. The third-order valence-electron chi connectivity index (χ3n) is 5.67. The second-order valence-corrected chi connectivity index (χ2v) is 10.7. The van der Waals surface area contributed by atoms with Gasteiger partial charge in [-0.15, -0.1) is 0 Å². The van der Waals surface area contributed by atoms with Gasteiger partial charge in [-0.25, -0.2) is 18.5 Å². The molecule has 200 valence electrons. The van der Waals surface area contributed by atoms with Crippen LogP contribution in [-0.2, 0) is 34.3 Å². The number of benzene rings is 2. The molecule has 0 aliphatic rings. The molecular weight excluding hydrogens is 532 g/mol. The number of hydrogen-bond donors (Lipinski definition) is 2. The molecule has 2 aromatic heterocycles. The van der Waals surface area contributed by atoms with E-state index in [1.807, 2.05) is 0 Å². The first-order valence-electron chi connectivity index (χ1n) is 11.4. The third kappa shape index (κ3) is 6.36. The Balaban J connectivity index is 1.62. The molecule has 0 saturated heterocycles. The smallest absolute Gasteiger partial charge is 0.262 e. The number of nitrogens with one attached hydrogen (secondary N) is 1. The van der Waals surface area contributed by atoms with Gasteiger partial charge >= 0.3 is 0 Å². The molecule has 11 nitrogen and oxygen atoms in total. The van der Waals surface area contributed by atoms with E-state index in [0.717, 1.165) is 17.3 Å². The number of carbonyl (C=O) groups is 1. The number of methoxy groups -OCH3 is 2. The minimum Gasteiger partial charge on any atom is -0.493 e. The Labute approximate surface area is 223 Å². The van der Waals surface area contributed by atoms with Crippen molar-refractivity contribution in [3.05, 3.63) is 76.5 Å². The van der Waals surface area contributed by atoms with Gasteiger partial charge in [0.15, 0.2) is 16.7 Å². The van der Waals surface area contributed by atoms with Crippen molar-refractivity contribution in [1.82, 2.24) is 14.9 Å². The fourth-order valence-electron chi connectivity index (χ4n) is 3.70. The predicted molar refractivity (Wildman–Crippen MR) is 142 cm³/mol. The van der Waals surface area contributed by atoms with Crippen LogP contribution < -0.4 is 25.5 Å². The van der Waals surface area contributed by atoms with Crippen molar-refractivity contribution in [1.29, 1.82) is 0 Å². The quantitative estimate of drug-likeness (QED) is 0.208. The van der Waals surface area contributed by atoms with Crippen LogP contribution in [0.3, 0.4) is 0 Å². The number of nitrogens with two attached hydrogens (primary N) is 1. The van der Waals surface area contributed by atoms with Gasteiger partial charge in [-0.1, -0.05) is 23.9 Å². The van der Waals surface area contributed by atoms with Crippen LogP contribution in [0.1, 0.15) is 11.3 Å². The number of ether oxygens (including phenoxy) is 2. The number of nitrogens with zero attached hydrogens (tertiary/aromatic N) is 2. The number of fused-ring (bicyclic) bond motifs is 1. The third-order valence-corrected chi connectivity index (χ3v) is 7.58. The monoisotopic (exact) mass is 558 g/mol. The molecule has 0 spiro atoms. The molecule has 0 fully saturated rings. The molecule has 0 atom stereocenters. The first-order valence-corrected chi connectivity index (χ1v) is 13.9. The molecule has 0 aliphatic carbocycles. The van der Waals surface area contributed by atoms with Crippen molar-refractivity contribution in [2.24, 2.45) is 5.14 Å². The molecule has 0 saturated carbocycles. The van der Waals surface area contributed by atoms with E-state index in [2.05, 4.69) is 10.3 Å². The minimum absolute atomic E-state index is 0.00337. The molecule has 4 rings (SSSR count). The number of furan rings is 1. The summed E-state index contributed by atoms with van der Waals surface area (Å²) >= 11 is 1.13. The summed E-state index contributed by atoms with van der Waals surface area (Å²) in [6.07, 6.45) is 1.93. The van der Waals surface area contributed by atoms with Gasteiger partial charge < -0.3 is 19.2 Å². The van der Waals surface area contributed by atoms with E-state index in [4.69, 9.17) is 19.0 Å². The molecule has 2 heterocycles.